The quantitative estimate of drug-likeness (QED) is 0.551. The third-order valence-electron chi connectivity index (χ3n) is 6.45. The van der Waals surface area contributed by atoms with Gasteiger partial charge < -0.3 is 25.7 Å². The summed E-state index contributed by atoms with van der Waals surface area (Å²) < 4.78 is 0. The second kappa shape index (κ2) is 11.1. The molecule has 1 fully saturated rings. The van der Waals surface area contributed by atoms with Gasteiger partial charge in [-0.1, -0.05) is 31.2 Å². The van der Waals surface area contributed by atoms with Gasteiger partial charge in [0.15, 0.2) is 0 Å². The first-order valence-electron chi connectivity index (χ1n) is 12.5. The Bertz CT molecular complexity index is 1190. The van der Waals surface area contributed by atoms with Gasteiger partial charge in [0.1, 0.15) is 5.84 Å². The van der Waals surface area contributed by atoms with Crippen LogP contribution in [0.15, 0.2) is 53.0 Å². The molecule has 1 saturated heterocycles. The number of nitrogens with two attached hydrogens (primary N) is 1. The molecule has 0 bridgehead atoms. The Hall–Kier alpha value is -3.49. The molecule has 0 saturated carbocycles. The molecule has 36 heavy (non-hydrogen) atoms. The summed E-state index contributed by atoms with van der Waals surface area (Å²) in [7, 11) is 0. The highest BCUT2D eigenvalue weighted by Crippen LogP contribution is 2.32. The second-order valence-electron chi connectivity index (χ2n) is 9.59. The molecule has 4 N–H and O–H groups in total. The van der Waals surface area contributed by atoms with Crippen molar-refractivity contribution in [1.29, 1.82) is 0 Å². The van der Waals surface area contributed by atoms with Crippen LogP contribution in [-0.4, -0.2) is 76.0 Å². The number of nitrogens with zero attached hydrogens (tertiary/aromatic N) is 3. The first-order chi connectivity index (χ1) is 17.2. The molecule has 2 heterocycles. The smallest absolute Gasteiger partial charge is 0.253 e. The van der Waals surface area contributed by atoms with E-state index >= 15 is 0 Å². The Labute approximate surface area is 211 Å². The number of aliphatic hydroxyl groups excluding tert-OH is 2. The van der Waals surface area contributed by atoms with Crippen molar-refractivity contribution in [2.24, 2.45) is 10.7 Å². The van der Waals surface area contributed by atoms with Crippen molar-refractivity contribution in [3.63, 3.8) is 0 Å². The number of likely N-dealkylation sites (tertiary alicyclic amines) is 1. The van der Waals surface area contributed by atoms with E-state index in [9.17, 15) is 19.8 Å². The largest absolute Gasteiger partial charge is 0.392 e. The van der Waals surface area contributed by atoms with Crippen LogP contribution in [0.2, 0.25) is 0 Å². The van der Waals surface area contributed by atoms with E-state index in [0.29, 0.717) is 48.7 Å². The van der Waals surface area contributed by atoms with Gasteiger partial charge in [0.05, 0.1) is 17.9 Å². The number of hydrogen-bond donors (Lipinski definition) is 3. The molecule has 2 atom stereocenters. The molecular weight excluding hydrogens is 456 g/mol. The van der Waals surface area contributed by atoms with Crippen molar-refractivity contribution in [1.82, 2.24) is 9.80 Å². The average Bonchev–Trinajstić information content (AvgIpc) is 3.21. The Morgan fingerprint density at radius 3 is 2.56 bits per heavy atom. The van der Waals surface area contributed by atoms with Crippen LogP contribution in [0.5, 0.6) is 0 Å². The van der Waals surface area contributed by atoms with Gasteiger partial charge in [0, 0.05) is 49.3 Å². The minimum absolute atomic E-state index is 0.0764. The third kappa shape index (κ3) is 5.83. The molecule has 2 unspecified atom stereocenters. The summed E-state index contributed by atoms with van der Waals surface area (Å²) in [4.78, 5) is 33.8. The zero-order valence-corrected chi connectivity index (χ0v) is 20.9. The lowest BCUT2D eigenvalue weighted by Gasteiger charge is -2.24. The first kappa shape index (κ1) is 25.6. The van der Waals surface area contributed by atoms with Crippen molar-refractivity contribution in [2.75, 3.05) is 26.2 Å². The van der Waals surface area contributed by atoms with Crippen LogP contribution in [0.1, 0.15) is 49.0 Å². The molecule has 0 radical (unpaired) electrons. The topological polar surface area (TPSA) is 119 Å². The van der Waals surface area contributed by atoms with Crippen molar-refractivity contribution >= 4 is 29.4 Å². The van der Waals surface area contributed by atoms with Gasteiger partial charge in [-0.2, -0.15) is 0 Å². The Morgan fingerprint density at radius 2 is 1.92 bits per heavy atom. The van der Waals surface area contributed by atoms with Crippen LogP contribution < -0.4 is 5.73 Å². The predicted molar refractivity (Wildman–Crippen MR) is 141 cm³/mol. The molecule has 2 aliphatic heterocycles. The summed E-state index contributed by atoms with van der Waals surface area (Å²) >= 11 is 0. The van der Waals surface area contributed by atoms with Crippen molar-refractivity contribution in [3.8, 4) is 11.1 Å². The van der Waals surface area contributed by atoms with Crippen LogP contribution >= 0.6 is 0 Å². The Morgan fingerprint density at radius 1 is 1.19 bits per heavy atom. The van der Waals surface area contributed by atoms with E-state index in [0.717, 1.165) is 23.1 Å². The van der Waals surface area contributed by atoms with Crippen molar-refractivity contribution < 1.29 is 19.8 Å². The number of rotatable bonds is 7. The average molecular weight is 491 g/mol. The fraction of sp³-hybridized carbons (Fsp3) is 0.393. The molecule has 8 heteroatoms. The second-order valence-corrected chi connectivity index (χ2v) is 9.59. The van der Waals surface area contributed by atoms with Crippen molar-refractivity contribution in [2.45, 2.75) is 45.3 Å². The minimum atomic E-state index is -0.614. The number of carbonyl (C=O) groups excluding carboxylic acids is 2. The fourth-order valence-corrected chi connectivity index (χ4v) is 4.69. The first-order valence-corrected chi connectivity index (χ1v) is 12.5. The number of amidine groups is 1. The van der Waals surface area contributed by atoms with Gasteiger partial charge in [-0.05, 0) is 55.2 Å². The van der Waals surface area contributed by atoms with E-state index in [1.807, 2.05) is 43.3 Å². The fourth-order valence-electron chi connectivity index (χ4n) is 4.69. The third-order valence-corrected chi connectivity index (χ3v) is 6.45. The highest BCUT2D eigenvalue weighted by atomic mass is 16.3. The van der Waals surface area contributed by atoms with E-state index in [-0.39, 0.29) is 24.8 Å². The number of amides is 2. The maximum Gasteiger partial charge on any atom is 0.253 e. The summed E-state index contributed by atoms with van der Waals surface area (Å²) in [5.41, 5.74) is 10.7. The van der Waals surface area contributed by atoms with Gasteiger partial charge in [0.2, 0.25) is 5.91 Å². The number of fused-ring (bicyclic) bond motifs is 1. The summed E-state index contributed by atoms with van der Waals surface area (Å²) in [5, 5.41) is 19.5. The maximum atomic E-state index is 13.2. The lowest BCUT2D eigenvalue weighted by Crippen LogP contribution is -2.38. The Kier molecular flexibility index (Phi) is 7.86. The van der Waals surface area contributed by atoms with Gasteiger partial charge in [0.25, 0.3) is 5.91 Å². The van der Waals surface area contributed by atoms with Gasteiger partial charge >= 0.3 is 0 Å². The molecule has 2 aromatic rings. The van der Waals surface area contributed by atoms with Gasteiger partial charge in [-0.25, -0.2) is 4.99 Å². The Balaban J connectivity index is 1.57. The van der Waals surface area contributed by atoms with Gasteiger partial charge in [-0.3, -0.25) is 9.59 Å². The van der Waals surface area contributed by atoms with E-state index in [2.05, 4.69) is 4.99 Å². The zero-order valence-electron chi connectivity index (χ0n) is 20.9. The van der Waals surface area contributed by atoms with Crippen LogP contribution in [0, 0.1) is 0 Å². The van der Waals surface area contributed by atoms with E-state index < -0.39 is 12.2 Å². The number of hydrogen-bond acceptors (Lipinski definition) is 6. The molecule has 2 aliphatic rings. The molecule has 4 rings (SSSR count). The molecule has 0 spiro atoms. The summed E-state index contributed by atoms with van der Waals surface area (Å²) in [6.07, 6.45) is 2.42. The molecule has 190 valence electrons. The standard InChI is InChI=1S/C28H34N4O4/c1-3-11-31(16-18(2)33)28(36)23-13-22-9-8-21(14-25(22)30-26(29)15-23)19-4-6-20(7-5-19)27(35)32-12-10-24(34)17-32/h4-9,13-14,18,24,33-34H,3,10-12,15-17H2,1-2H3,(H2,29,30). The molecule has 2 amide bonds. The number of aliphatic imine (C=N–C) groups is 1. The van der Waals surface area contributed by atoms with Crippen LogP contribution in [-0.2, 0) is 4.79 Å². The lowest BCUT2D eigenvalue weighted by molar-refractivity contribution is -0.128. The van der Waals surface area contributed by atoms with Gasteiger partial charge in [-0.15, -0.1) is 0 Å². The SMILES string of the molecule is CCCN(CC(C)O)C(=O)C1=Cc2ccc(-c3ccc(C(=O)N4CCC(O)C4)cc3)cc2N=C(N)C1. The predicted octanol–water partition coefficient (Wildman–Crippen LogP) is 2.96. The van der Waals surface area contributed by atoms with E-state index in [1.54, 1.807) is 28.9 Å². The normalized spacial score (nSPS) is 18.1. The number of carbonyl (C=O) groups is 2. The molecule has 2 aromatic carbocycles. The van der Waals surface area contributed by atoms with Crippen molar-refractivity contribution in [3.05, 3.63) is 59.2 Å². The number of benzene rings is 2. The van der Waals surface area contributed by atoms with E-state index in [4.69, 9.17) is 5.73 Å². The monoisotopic (exact) mass is 490 g/mol. The summed E-state index contributed by atoms with van der Waals surface area (Å²) in [6.45, 7) is 5.43. The van der Waals surface area contributed by atoms with Crippen LogP contribution in [0.4, 0.5) is 5.69 Å². The van der Waals surface area contributed by atoms with E-state index in [1.165, 1.54) is 0 Å². The molecule has 0 aliphatic carbocycles. The number of aliphatic hydroxyl groups is 2. The molecule has 8 nitrogen and oxygen atoms in total. The highest BCUT2D eigenvalue weighted by Gasteiger charge is 2.25. The molecule has 0 aromatic heterocycles. The maximum absolute atomic E-state index is 13.2. The zero-order chi connectivity index (χ0) is 25.8. The van der Waals surface area contributed by atoms with Crippen LogP contribution in [0.3, 0.4) is 0 Å². The van der Waals surface area contributed by atoms with Crippen LogP contribution in [0.25, 0.3) is 17.2 Å². The summed E-state index contributed by atoms with van der Waals surface area (Å²) in [6, 6.07) is 13.2. The highest BCUT2D eigenvalue weighted by molar-refractivity contribution is 6.05. The number of β-amino-alcohol motifs (C(OH)–C–C–N with tert-alkyl or cyclic N) is 1. The lowest BCUT2D eigenvalue weighted by atomic mass is 9.99. The summed E-state index contributed by atoms with van der Waals surface area (Å²) in [5.74, 6) is 0.138. The minimum Gasteiger partial charge on any atom is -0.392 e. The molecular formula is C28H34N4O4.